The lowest BCUT2D eigenvalue weighted by Gasteiger charge is -2.39. The molecule has 0 bridgehead atoms. The molecule has 2 aliphatic heterocycles. The zero-order chi connectivity index (χ0) is 13.2. The first-order valence-electron chi connectivity index (χ1n) is 7.05. The van der Waals surface area contributed by atoms with Crippen LogP contribution >= 0.6 is 0 Å². The molecule has 0 radical (unpaired) electrons. The SMILES string of the molecule is Cc1cccc(N2CCN(C3CNC[C@H]3O)CC2)n1. The molecular weight excluding hydrogens is 240 g/mol. The Balaban J connectivity index is 1.60. The first-order valence-corrected chi connectivity index (χ1v) is 7.05. The fourth-order valence-corrected chi connectivity index (χ4v) is 3.01. The van der Waals surface area contributed by atoms with Gasteiger partial charge in [0.1, 0.15) is 5.82 Å². The molecule has 19 heavy (non-hydrogen) atoms. The Kier molecular flexibility index (Phi) is 3.68. The number of rotatable bonds is 2. The number of β-amino-alcohol motifs (C(OH)–C–C–N with tert-alkyl or cyclic N) is 1. The Bertz CT molecular complexity index is 431. The van der Waals surface area contributed by atoms with E-state index in [1.165, 1.54) is 0 Å². The van der Waals surface area contributed by atoms with E-state index in [1.54, 1.807) is 0 Å². The molecule has 0 spiro atoms. The number of hydrogen-bond donors (Lipinski definition) is 2. The van der Waals surface area contributed by atoms with Gasteiger partial charge in [-0.3, -0.25) is 4.90 Å². The molecule has 5 nitrogen and oxygen atoms in total. The van der Waals surface area contributed by atoms with Crippen molar-refractivity contribution in [3.8, 4) is 0 Å². The number of aliphatic hydroxyl groups excluding tert-OH is 1. The van der Waals surface area contributed by atoms with Crippen molar-refractivity contribution in [3.05, 3.63) is 23.9 Å². The minimum absolute atomic E-state index is 0.219. The average molecular weight is 262 g/mol. The molecule has 2 fully saturated rings. The van der Waals surface area contributed by atoms with Crippen LogP contribution in [0.4, 0.5) is 5.82 Å². The third-order valence-corrected chi connectivity index (χ3v) is 4.13. The summed E-state index contributed by atoms with van der Waals surface area (Å²) in [6, 6.07) is 6.46. The van der Waals surface area contributed by atoms with E-state index in [9.17, 15) is 5.11 Å². The molecule has 0 amide bonds. The van der Waals surface area contributed by atoms with E-state index in [0.29, 0.717) is 0 Å². The monoisotopic (exact) mass is 262 g/mol. The van der Waals surface area contributed by atoms with Gasteiger partial charge in [0, 0.05) is 51.0 Å². The molecule has 3 heterocycles. The normalized spacial score (nSPS) is 28.8. The van der Waals surface area contributed by atoms with Gasteiger partial charge in [-0.25, -0.2) is 4.98 Å². The summed E-state index contributed by atoms with van der Waals surface area (Å²) in [5.74, 6) is 1.07. The molecular formula is C14H22N4O. The highest BCUT2D eigenvalue weighted by Crippen LogP contribution is 2.17. The Morgan fingerprint density at radius 2 is 2.00 bits per heavy atom. The van der Waals surface area contributed by atoms with Crippen molar-refractivity contribution in [2.75, 3.05) is 44.2 Å². The molecule has 0 saturated carbocycles. The van der Waals surface area contributed by atoms with Gasteiger partial charge >= 0.3 is 0 Å². The summed E-state index contributed by atoms with van der Waals surface area (Å²) in [7, 11) is 0. The van der Waals surface area contributed by atoms with Gasteiger partial charge < -0.3 is 15.3 Å². The summed E-state index contributed by atoms with van der Waals surface area (Å²) in [6.45, 7) is 7.63. The van der Waals surface area contributed by atoms with E-state index >= 15 is 0 Å². The minimum atomic E-state index is -0.219. The van der Waals surface area contributed by atoms with Gasteiger partial charge in [-0.15, -0.1) is 0 Å². The maximum absolute atomic E-state index is 9.93. The largest absolute Gasteiger partial charge is 0.390 e. The topological polar surface area (TPSA) is 51.6 Å². The fourth-order valence-electron chi connectivity index (χ4n) is 3.01. The van der Waals surface area contributed by atoms with E-state index in [1.807, 2.05) is 13.0 Å². The predicted octanol–water partition coefficient (Wildman–Crippen LogP) is -0.155. The van der Waals surface area contributed by atoms with Crippen molar-refractivity contribution < 1.29 is 5.11 Å². The van der Waals surface area contributed by atoms with Crippen molar-refractivity contribution in [1.82, 2.24) is 15.2 Å². The lowest BCUT2D eigenvalue weighted by Crippen LogP contribution is -2.53. The third-order valence-electron chi connectivity index (χ3n) is 4.13. The zero-order valence-electron chi connectivity index (χ0n) is 11.4. The second-order valence-corrected chi connectivity index (χ2v) is 5.45. The van der Waals surface area contributed by atoms with Crippen LogP contribution in [-0.4, -0.2) is 66.4 Å². The third kappa shape index (κ3) is 2.73. The molecule has 3 rings (SSSR count). The Labute approximate surface area is 114 Å². The van der Waals surface area contributed by atoms with Crippen LogP contribution in [0.3, 0.4) is 0 Å². The van der Waals surface area contributed by atoms with Gasteiger partial charge in [-0.05, 0) is 19.1 Å². The summed E-state index contributed by atoms with van der Waals surface area (Å²) in [4.78, 5) is 9.31. The number of aryl methyl sites for hydroxylation is 1. The quantitative estimate of drug-likeness (QED) is 0.776. The molecule has 2 N–H and O–H groups in total. The molecule has 1 aromatic heterocycles. The van der Waals surface area contributed by atoms with Crippen LogP contribution in [0.25, 0.3) is 0 Å². The highest BCUT2D eigenvalue weighted by molar-refractivity contribution is 5.39. The maximum Gasteiger partial charge on any atom is 0.128 e. The first kappa shape index (κ1) is 12.8. The number of nitrogens with one attached hydrogen (secondary N) is 1. The van der Waals surface area contributed by atoms with Gasteiger partial charge in [0.15, 0.2) is 0 Å². The molecule has 104 valence electrons. The van der Waals surface area contributed by atoms with Crippen molar-refractivity contribution in [2.24, 2.45) is 0 Å². The van der Waals surface area contributed by atoms with Crippen LogP contribution < -0.4 is 10.2 Å². The van der Waals surface area contributed by atoms with Crippen LogP contribution in [0.5, 0.6) is 0 Å². The zero-order valence-corrected chi connectivity index (χ0v) is 11.4. The second-order valence-electron chi connectivity index (χ2n) is 5.45. The fraction of sp³-hybridized carbons (Fsp3) is 0.643. The van der Waals surface area contributed by atoms with Crippen LogP contribution in [0.2, 0.25) is 0 Å². The Morgan fingerprint density at radius 3 is 2.63 bits per heavy atom. The standard InChI is InChI=1S/C14H22N4O/c1-11-3-2-4-14(16-11)18-7-5-17(6-8-18)12-9-15-10-13(12)19/h2-4,12-13,15,19H,5-10H2,1H3/t12?,13-/m1/s1. The van der Waals surface area contributed by atoms with Crippen LogP contribution in [0.1, 0.15) is 5.69 Å². The summed E-state index contributed by atoms with van der Waals surface area (Å²) in [5, 5.41) is 13.2. The minimum Gasteiger partial charge on any atom is -0.390 e. The maximum atomic E-state index is 9.93. The molecule has 2 aliphatic rings. The van der Waals surface area contributed by atoms with E-state index in [2.05, 4.69) is 32.2 Å². The van der Waals surface area contributed by atoms with Crippen molar-refractivity contribution in [2.45, 2.75) is 19.1 Å². The van der Waals surface area contributed by atoms with Crippen LogP contribution in [0, 0.1) is 6.92 Å². The number of anilines is 1. The van der Waals surface area contributed by atoms with Gasteiger partial charge in [0.2, 0.25) is 0 Å². The summed E-state index contributed by atoms with van der Waals surface area (Å²) in [6.07, 6.45) is -0.219. The number of aromatic nitrogens is 1. The number of nitrogens with zero attached hydrogens (tertiary/aromatic N) is 3. The predicted molar refractivity (Wildman–Crippen MR) is 75.4 cm³/mol. The van der Waals surface area contributed by atoms with Gasteiger partial charge in [-0.2, -0.15) is 0 Å². The lowest BCUT2D eigenvalue weighted by atomic mass is 10.1. The Hall–Kier alpha value is -1.17. The molecule has 2 atom stereocenters. The van der Waals surface area contributed by atoms with E-state index in [4.69, 9.17) is 0 Å². The molecule has 1 unspecified atom stereocenters. The number of aliphatic hydroxyl groups is 1. The van der Waals surface area contributed by atoms with Crippen LogP contribution in [0.15, 0.2) is 18.2 Å². The van der Waals surface area contributed by atoms with E-state index < -0.39 is 0 Å². The van der Waals surface area contributed by atoms with Crippen LogP contribution in [-0.2, 0) is 0 Å². The molecule has 0 aromatic carbocycles. The highest BCUT2D eigenvalue weighted by atomic mass is 16.3. The van der Waals surface area contributed by atoms with E-state index in [-0.39, 0.29) is 12.1 Å². The number of piperazine rings is 1. The highest BCUT2D eigenvalue weighted by Gasteiger charge is 2.32. The molecule has 1 aromatic rings. The van der Waals surface area contributed by atoms with Crippen molar-refractivity contribution >= 4 is 5.82 Å². The van der Waals surface area contributed by atoms with Gasteiger partial charge in [-0.1, -0.05) is 6.07 Å². The Morgan fingerprint density at radius 1 is 1.21 bits per heavy atom. The van der Waals surface area contributed by atoms with Gasteiger partial charge in [0.05, 0.1) is 6.10 Å². The molecule has 5 heteroatoms. The average Bonchev–Trinajstić information content (AvgIpc) is 2.85. The first-order chi connectivity index (χ1) is 9.24. The smallest absolute Gasteiger partial charge is 0.128 e. The lowest BCUT2D eigenvalue weighted by molar-refractivity contribution is 0.0791. The van der Waals surface area contributed by atoms with Crippen molar-refractivity contribution in [3.63, 3.8) is 0 Å². The summed E-state index contributed by atoms with van der Waals surface area (Å²) < 4.78 is 0. The number of pyridine rings is 1. The van der Waals surface area contributed by atoms with Gasteiger partial charge in [0.25, 0.3) is 0 Å². The molecule has 2 saturated heterocycles. The summed E-state index contributed by atoms with van der Waals surface area (Å²) in [5.41, 5.74) is 1.07. The second kappa shape index (κ2) is 5.45. The van der Waals surface area contributed by atoms with Crippen molar-refractivity contribution in [1.29, 1.82) is 0 Å². The number of hydrogen-bond acceptors (Lipinski definition) is 5. The molecule has 0 aliphatic carbocycles. The summed E-state index contributed by atoms with van der Waals surface area (Å²) >= 11 is 0. The van der Waals surface area contributed by atoms with E-state index in [0.717, 1.165) is 50.8 Å².